The van der Waals surface area contributed by atoms with Gasteiger partial charge in [-0.15, -0.1) is 0 Å². The van der Waals surface area contributed by atoms with Crippen molar-refractivity contribution in [2.45, 2.75) is 26.7 Å². The minimum absolute atomic E-state index is 0.0892. The number of nitrogens with one attached hydrogen (secondary N) is 3. The van der Waals surface area contributed by atoms with Gasteiger partial charge in [0.1, 0.15) is 5.75 Å². The van der Waals surface area contributed by atoms with E-state index in [-0.39, 0.29) is 12.8 Å². The Bertz CT molecular complexity index is 970. The van der Waals surface area contributed by atoms with Crippen molar-refractivity contribution in [2.75, 3.05) is 11.9 Å². The van der Waals surface area contributed by atoms with Crippen molar-refractivity contribution in [3.05, 3.63) is 56.5 Å². The lowest BCUT2D eigenvalue weighted by molar-refractivity contribution is -0.124. The highest BCUT2D eigenvalue weighted by molar-refractivity contribution is 9.10. The summed E-state index contributed by atoms with van der Waals surface area (Å²) in [5.74, 6) is -0.411. The molecule has 166 valence electrons. The van der Waals surface area contributed by atoms with Gasteiger partial charge in [-0.25, -0.2) is 0 Å². The van der Waals surface area contributed by atoms with Crippen molar-refractivity contribution in [2.24, 2.45) is 5.92 Å². The molecule has 0 aliphatic heterocycles. The molecule has 0 bridgehead atoms. The van der Waals surface area contributed by atoms with Gasteiger partial charge >= 0.3 is 0 Å². The van der Waals surface area contributed by atoms with Crippen LogP contribution in [-0.2, 0) is 9.59 Å². The minimum atomic E-state index is -0.512. The average Bonchev–Trinajstić information content (AvgIpc) is 2.71. The third-order valence-electron chi connectivity index (χ3n) is 3.87. The zero-order chi connectivity index (χ0) is 23.0. The molecule has 3 N–H and O–H groups in total. The van der Waals surface area contributed by atoms with Crippen LogP contribution in [0.3, 0.4) is 0 Å². The van der Waals surface area contributed by atoms with Crippen LogP contribution in [0.15, 0.2) is 40.9 Å². The van der Waals surface area contributed by atoms with Gasteiger partial charge in [0, 0.05) is 23.4 Å². The second kappa shape index (κ2) is 11.9. The van der Waals surface area contributed by atoms with E-state index in [2.05, 4.69) is 32.1 Å². The molecule has 2 aromatic carbocycles. The molecule has 0 aliphatic rings. The van der Waals surface area contributed by atoms with Crippen LogP contribution in [0.25, 0.3) is 0 Å². The number of ether oxygens (including phenoxy) is 1. The molecule has 0 unspecified atom stereocenters. The van der Waals surface area contributed by atoms with Crippen LogP contribution in [0, 0.1) is 5.92 Å². The molecule has 0 aromatic heterocycles. The van der Waals surface area contributed by atoms with E-state index in [1.807, 2.05) is 13.8 Å². The summed E-state index contributed by atoms with van der Waals surface area (Å²) in [4.78, 5) is 36.2. The number of halogens is 3. The number of anilines is 1. The molecule has 3 amide bonds. The molecule has 10 heteroatoms. The Kier molecular flexibility index (Phi) is 9.61. The van der Waals surface area contributed by atoms with E-state index in [0.29, 0.717) is 44.0 Å². The smallest absolute Gasteiger partial charge is 0.269 e. The number of hydrazine groups is 1. The quantitative estimate of drug-likeness (QED) is 0.420. The highest BCUT2D eigenvalue weighted by atomic mass is 79.9. The largest absolute Gasteiger partial charge is 0.492 e. The Balaban J connectivity index is 1.78. The lowest BCUT2D eigenvalue weighted by Crippen LogP contribution is -2.41. The first-order chi connectivity index (χ1) is 14.7. The molecule has 2 aromatic rings. The van der Waals surface area contributed by atoms with Crippen molar-refractivity contribution >= 4 is 62.5 Å². The van der Waals surface area contributed by atoms with Gasteiger partial charge in [-0.1, -0.05) is 37.0 Å². The topological polar surface area (TPSA) is 96.5 Å². The second-order valence-corrected chi connectivity index (χ2v) is 8.72. The Morgan fingerprint density at radius 3 is 2.35 bits per heavy atom. The van der Waals surface area contributed by atoms with E-state index in [1.165, 1.54) is 6.07 Å². The fourth-order valence-electron chi connectivity index (χ4n) is 2.31. The lowest BCUT2D eigenvalue weighted by atomic mass is 10.2. The van der Waals surface area contributed by atoms with E-state index in [4.69, 9.17) is 27.9 Å². The predicted molar refractivity (Wildman–Crippen MR) is 124 cm³/mol. The van der Waals surface area contributed by atoms with Gasteiger partial charge in [0.15, 0.2) is 0 Å². The van der Waals surface area contributed by atoms with Gasteiger partial charge in [-0.05, 0) is 58.2 Å². The van der Waals surface area contributed by atoms with Crippen molar-refractivity contribution in [1.82, 2.24) is 10.9 Å². The van der Waals surface area contributed by atoms with Crippen LogP contribution in [0.2, 0.25) is 10.0 Å². The Labute approximate surface area is 198 Å². The van der Waals surface area contributed by atoms with E-state index in [1.54, 1.807) is 30.3 Å². The fourth-order valence-corrected chi connectivity index (χ4v) is 3.26. The summed E-state index contributed by atoms with van der Waals surface area (Å²) in [5.41, 5.74) is 5.33. The minimum Gasteiger partial charge on any atom is -0.492 e. The summed E-state index contributed by atoms with van der Waals surface area (Å²) in [6.07, 6.45) is -0.211. The normalized spacial score (nSPS) is 10.5. The number of hydrogen-bond acceptors (Lipinski definition) is 4. The van der Waals surface area contributed by atoms with Gasteiger partial charge in [0.05, 0.1) is 21.8 Å². The number of hydrogen-bond donors (Lipinski definition) is 3. The van der Waals surface area contributed by atoms with Crippen molar-refractivity contribution in [1.29, 1.82) is 0 Å². The number of carbonyl (C=O) groups is 3. The summed E-state index contributed by atoms with van der Waals surface area (Å²) in [6.45, 7) is 4.63. The molecular weight excluding hydrogens is 509 g/mol. The summed E-state index contributed by atoms with van der Waals surface area (Å²) >= 11 is 15.2. The summed E-state index contributed by atoms with van der Waals surface area (Å²) in [7, 11) is 0. The molecule has 7 nitrogen and oxygen atoms in total. The number of benzene rings is 2. The van der Waals surface area contributed by atoms with Crippen LogP contribution in [0.4, 0.5) is 5.69 Å². The van der Waals surface area contributed by atoms with Crippen molar-refractivity contribution < 1.29 is 19.1 Å². The van der Waals surface area contributed by atoms with E-state index in [0.717, 1.165) is 0 Å². The van der Waals surface area contributed by atoms with Crippen LogP contribution in [0.5, 0.6) is 5.75 Å². The maximum atomic E-state index is 12.2. The number of carbonyl (C=O) groups excluding carboxylic acids is 3. The van der Waals surface area contributed by atoms with Crippen LogP contribution in [0.1, 0.15) is 37.0 Å². The van der Waals surface area contributed by atoms with E-state index < -0.39 is 17.7 Å². The summed E-state index contributed by atoms with van der Waals surface area (Å²) in [6, 6.07) is 9.52. The van der Waals surface area contributed by atoms with Gasteiger partial charge in [-0.2, -0.15) is 0 Å². The molecule has 0 atom stereocenters. The highest BCUT2D eigenvalue weighted by Gasteiger charge is 2.13. The van der Waals surface area contributed by atoms with Gasteiger partial charge in [0.25, 0.3) is 5.91 Å². The van der Waals surface area contributed by atoms with Crippen molar-refractivity contribution in [3.63, 3.8) is 0 Å². The molecule has 2 rings (SSSR count). The number of amides is 3. The second-order valence-electron chi connectivity index (χ2n) is 7.02. The first-order valence-corrected chi connectivity index (χ1v) is 11.0. The molecule has 0 heterocycles. The van der Waals surface area contributed by atoms with E-state index >= 15 is 0 Å². The van der Waals surface area contributed by atoms with Crippen molar-refractivity contribution in [3.8, 4) is 5.75 Å². The maximum absolute atomic E-state index is 12.2. The highest BCUT2D eigenvalue weighted by Crippen LogP contribution is 2.27. The lowest BCUT2D eigenvalue weighted by Gasteiger charge is -2.12. The Morgan fingerprint density at radius 2 is 1.71 bits per heavy atom. The molecule has 31 heavy (non-hydrogen) atoms. The molecule has 0 saturated heterocycles. The zero-order valence-corrected chi connectivity index (χ0v) is 20.0. The van der Waals surface area contributed by atoms with Gasteiger partial charge < -0.3 is 10.1 Å². The third-order valence-corrected chi connectivity index (χ3v) is 5.03. The number of rotatable bonds is 8. The van der Waals surface area contributed by atoms with Gasteiger partial charge in [0.2, 0.25) is 11.8 Å². The fraction of sp³-hybridized carbons (Fsp3) is 0.286. The summed E-state index contributed by atoms with van der Waals surface area (Å²) in [5, 5.41) is 3.34. The Hall–Kier alpha value is -2.29. The molecular formula is C21H22BrCl2N3O4. The molecule has 0 fully saturated rings. The van der Waals surface area contributed by atoms with Crippen LogP contribution in [-0.4, -0.2) is 24.3 Å². The SMILES string of the molecule is CC(C)COc1ccc(C(=O)NNC(=O)CCC(=O)Nc2ccc(Cl)cc2Cl)cc1Br. The van der Waals surface area contributed by atoms with E-state index in [9.17, 15) is 14.4 Å². The third kappa shape index (κ3) is 8.40. The van der Waals surface area contributed by atoms with Crippen LogP contribution < -0.4 is 20.9 Å². The zero-order valence-electron chi connectivity index (χ0n) is 16.9. The van der Waals surface area contributed by atoms with Crippen LogP contribution >= 0.6 is 39.1 Å². The molecule has 0 aliphatic carbocycles. The first kappa shape index (κ1) is 25.0. The molecule has 0 saturated carbocycles. The Morgan fingerprint density at radius 1 is 1.00 bits per heavy atom. The first-order valence-electron chi connectivity index (χ1n) is 9.42. The average molecular weight is 531 g/mol. The summed E-state index contributed by atoms with van der Waals surface area (Å²) < 4.78 is 6.27. The molecule has 0 spiro atoms. The maximum Gasteiger partial charge on any atom is 0.269 e. The standard InChI is InChI=1S/C21H22BrCl2N3O4/c1-12(2)11-31-18-6-3-13(9-15(18)22)21(30)27-26-20(29)8-7-19(28)25-17-5-4-14(23)10-16(17)24/h3-6,9-10,12H,7-8,11H2,1-2H3,(H,25,28)(H,26,29)(H,27,30). The van der Waals surface area contributed by atoms with Gasteiger partial charge in [-0.3, -0.25) is 25.2 Å². The molecule has 0 radical (unpaired) electrons. The predicted octanol–water partition coefficient (Wildman–Crippen LogP) is 4.97. The monoisotopic (exact) mass is 529 g/mol.